The van der Waals surface area contributed by atoms with Gasteiger partial charge >= 0.3 is 0 Å². The van der Waals surface area contributed by atoms with Crippen molar-refractivity contribution in [2.75, 3.05) is 41.0 Å². The molecule has 6 heteroatoms. The molecule has 0 aromatic heterocycles. The minimum atomic E-state index is -0.560. The van der Waals surface area contributed by atoms with Gasteiger partial charge < -0.3 is 28.8 Å². The number of hydrogen-bond acceptors (Lipinski definition) is 6. The van der Waals surface area contributed by atoms with Crippen LogP contribution in [0.25, 0.3) is 0 Å². The molecule has 41 heavy (non-hydrogen) atoms. The summed E-state index contributed by atoms with van der Waals surface area (Å²) in [6, 6.07) is 0. The first-order chi connectivity index (χ1) is 19.5. The summed E-state index contributed by atoms with van der Waals surface area (Å²) in [5.41, 5.74) is 3.73. The van der Waals surface area contributed by atoms with Gasteiger partial charge in [0.2, 0.25) is 0 Å². The molecule has 3 aliphatic rings. The van der Waals surface area contributed by atoms with E-state index in [1.165, 1.54) is 44.1 Å². The van der Waals surface area contributed by atoms with Gasteiger partial charge in [-0.2, -0.15) is 0 Å². The zero-order chi connectivity index (χ0) is 30.0. The third-order valence-corrected chi connectivity index (χ3v) is 10.1. The Hall–Kier alpha value is -1.02. The Balaban J connectivity index is 1.67. The smallest absolute Gasteiger partial charge is 0.147 e. The quantitative estimate of drug-likeness (QED) is 0.151. The van der Waals surface area contributed by atoms with E-state index in [2.05, 4.69) is 39.5 Å². The van der Waals surface area contributed by atoms with Crippen LogP contribution in [0, 0.1) is 29.1 Å². The van der Waals surface area contributed by atoms with E-state index in [9.17, 15) is 5.11 Å². The Morgan fingerprint density at radius 3 is 2.54 bits per heavy atom. The lowest BCUT2D eigenvalue weighted by atomic mass is 9.60. The van der Waals surface area contributed by atoms with Crippen LogP contribution in [0.1, 0.15) is 98.8 Å². The molecule has 3 aliphatic carbocycles. The third-order valence-electron chi connectivity index (χ3n) is 10.1. The topological polar surface area (TPSA) is 66.4 Å². The average molecular weight is 577 g/mol. The molecule has 3 rings (SSSR count). The molecule has 0 saturated heterocycles. The molecule has 6 nitrogen and oxygen atoms in total. The Morgan fingerprint density at radius 1 is 1.07 bits per heavy atom. The lowest BCUT2D eigenvalue weighted by molar-refractivity contribution is -0.134. The van der Waals surface area contributed by atoms with Gasteiger partial charge in [-0.3, -0.25) is 0 Å². The molecule has 3 saturated carbocycles. The number of aliphatic hydroxyl groups is 1. The highest BCUT2D eigenvalue weighted by molar-refractivity contribution is 5.40. The van der Waals surface area contributed by atoms with Crippen LogP contribution in [0.5, 0.6) is 0 Å². The van der Waals surface area contributed by atoms with Crippen molar-refractivity contribution in [2.45, 2.75) is 117 Å². The maximum Gasteiger partial charge on any atom is 0.147 e. The van der Waals surface area contributed by atoms with Crippen molar-refractivity contribution in [3.05, 3.63) is 35.5 Å². The zero-order valence-electron chi connectivity index (χ0n) is 27.2. The first-order valence-electron chi connectivity index (χ1n) is 16.1. The fraction of sp³-hybridized carbons (Fsp3) is 0.829. The van der Waals surface area contributed by atoms with Crippen molar-refractivity contribution in [3.8, 4) is 0 Å². The van der Waals surface area contributed by atoms with Crippen LogP contribution in [-0.4, -0.2) is 63.9 Å². The second-order valence-electron chi connectivity index (χ2n) is 13.9. The van der Waals surface area contributed by atoms with Crippen molar-refractivity contribution in [1.29, 1.82) is 0 Å². The fourth-order valence-corrected chi connectivity index (χ4v) is 8.04. The summed E-state index contributed by atoms with van der Waals surface area (Å²) < 4.78 is 28.1. The van der Waals surface area contributed by atoms with Gasteiger partial charge in [-0.25, -0.2) is 0 Å². The largest absolute Gasteiger partial charge is 0.390 e. The molecule has 3 fully saturated rings. The van der Waals surface area contributed by atoms with Crippen molar-refractivity contribution >= 4 is 0 Å². The van der Waals surface area contributed by atoms with Crippen LogP contribution in [0.15, 0.2) is 35.5 Å². The molecule has 236 valence electrons. The van der Waals surface area contributed by atoms with E-state index < -0.39 is 5.60 Å². The first-order valence-corrected chi connectivity index (χ1v) is 16.1. The SMILES string of the molecule is C=C1/C(=C\C=C2/CCC[C@]3(C)[C@@H]([C@H](C)CCCC(C)(C)O)CC[C@@H]23)C[C@@H](C)[C@@H](OCCCOCOC)[C@@H]1OCOC. The molecule has 0 heterocycles. The molecule has 7 atom stereocenters. The zero-order valence-corrected chi connectivity index (χ0v) is 27.2. The average Bonchev–Trinajstić information content (AvgIpc) is 3.27. The monoisotopic (exact) mass is 576 g/mol. The maximum atomic E-state index is 10.2. The molecule has 1 N–H and O–H groups in total. The van der Waals surface area contributed by atoms with Crippen LogP contribution >= 0.6 is 0 Å². The summed E-state index contributed by atoms with van der Waals surface area (Å²) in [7, 11) is 3.29. The van der Waals surface area contributed by atoms with Gasteiger partial charge in [0.05, 0.1) is 18.3 Å². The third kappa shape index (κ3) is 9.48. The molecule has 0 unspecified atom stereocenters. The second-order valence-corrected chi connectivity index (χ2v) is 13.9. The molecular formula is C35H60O6. The molecule has 0 aromatic carbocycles. The number of ether oxygens (including phenoxy) is 5. The summed E-state index contributed by atoms with van der Waals surface area (Å²) in [6.45, 7) is 17.4. The van der Waals surface area contributed by atoms with E-state index in [1.54, 1.807) is 19.8 Å². The Morgan fingerprint density at radius 2 is 1.83 bits per heavy atom. The Kier molecular flexibility index (Phi) is 13.6. The van der Waals surface area contributed by atoms with Crippen LogP contribution in [0.3, 0.4) is 0 Å². The predicted octanol–water partition coefficient (Wildman–Crippen LogP) is 7.61. The molecule has 0 spiro atoms. The number of hydrogen-bond donors (Lipinski definition) is 1. The minimum absolute atomic E-state index is 0.0589. The maximum absolute atomic E-state index is 10.2. The number of methoxy groups -OCH3 is 2. The van der Waals surface area contributed by atoms with Crippen LogP contribution < -0.4 is 0 Å². The highest BCUT2D eigenvalue weighted by atomic mass is 16.7. The van der Waals surface area contributed by atoms with Crippen molar-refractivity contribution in [1.82, 2.24) is 0 Å². The molecule has 0 amide bonds. The van der Waals surface area contributed by atoms with E-state index in [0.29, 0.717) is 43.2 Å². The summed E-state index contributed by atoms with van der Waals surface area (Å²) in [5.74, 6) is 2.44. The Bertz CT molecular complexity index is 872. The van der Waals surface area contributed by atoms with E-state index >= 15 is 0 Å². The lowest BCUT2D eigenvalue weighted by Crippen LogP contribution is -2.43. The van der Waals surface area contributed by atoms with Crippen molar-refractivity contribution in [2.24, 2.45) is 29.1 Å². The van der Waals surface area contributed by atoms with Gasteiger partial charge in [-0.1, -0.05) is 57.9 Å². The van der Waals surface area contributed by atoms with Gasteiger partial charge in [0.1, 0.15) is 19.7 Å². The van der Waals surface area contributed by atoms with Gasteiger partial charge in [0.25, 0.3) is 0 Å². The van der Waals surface area contributed by atoms with Crippen LogP contribution in [0.4, 0.5) is 0 Å². The van der Waals surface area contributed by atoms with E-state index in [1.807, 2.05) is 13.8 Å². The minimum Gasteiger partial charge on any atom is -0.390 e. The summed E-state index contributed by atoms with van der Waals surface area (Å²) in [6.07, 6.45) is 15.9. The number of allylic oxidation sites excluding steroid dienone is 3. The standard InChI is InChI=1S/C35H60O6/c1-25(12-9-18-34(4,5)36)30-16-17-31-28(13-10-19-35(30,31)6)14-15-29-22-26(2)32(33(27(29)3)41-24-38-8)40-21-11-20-39-23-37-7/h14-15,25-26,30-33,36H,3,9-13,16-24H2,1-2,4-8H3/b28-14+,29-15-/t25-,26-,30-,31+,32-,33-,35-/m1/s1. The molecule has 0 bridgehead atoms. The van der Waals surface area contributed by atoms with E-state index in [0.717, 1.165) is 37.2 Å². The van der Waals surface area contributed by atoms with Gasteiger partial charge in [-0.15, -0.1) is 0 Å². The van der Waals surface area contributed by atoms with Crippen LogP contribution in [0.2, 0.25) is 0 Å². The van der Waals surface area contributed by atoms with Gasteiger partial charge in [-0.05, 0) is 105 Å². The highest BCUT2D eigenvalue weighted by Gasteiger charge is 2.50. The molecule has 0 radical (unpaired) electrons. The first kappa shape index (κ1) is 34.5. The number of rotatable bonds is 16. The predicted molar refractivity (Wildman–Crippen MR) is 166 cm³/mol. The van der Waals surface area contributed by atoms with E-state index in [-0.39, 0.29) is 19.0 Å². The van der Waals surface area contributed by atoms with E-state index in [4.69, 9.17) is 23.7 Å². The van der Waals surface area contributed by atoms with Gasteiger partial charge in [0, 0.05) is 20.8 Å². The van der Waals surface area contributed by atoms with Crippen LogP contribution in [-0.2, 0) is 23.7 Å². The van der Waals surface area contributed by atoms with Gasteiger partial charge in [0.15, 0.2) is 0 Å². The fourth-order valence-electron chi connectivity index (χ4n) is 8.04. The lowest BCUT2D eigenvalue weighted by Gasteiger charge is -2.44. The molecular weight excluding hydrogens is 516 g/mol. The highest BCUT2D eigenvalue weighted by Crippen LogP contribution is 2.60. The van der Waals surface area contributed by atoms with Crippen molar-refractivity contribution in [3.63, 3.8) is 0 Å². The van der Waals surface area contributed by atoms with Crippen molar-refractivity contribution < 1.29 is 28.8 Å². The molecule has 0 aliphatic heterocycles. The summed E-state index contributed by atoms with van der Waals surface area (Å²) in [5, 5.41) is 10.2. The normalized spacial score (nSPS) is 33.5. The molecule has 0 aromatic rings. The second kappa shape index (κ2) is 16.2. The number of fused-ring (bicyclic) bond motifs is 1. The Labute approximate surface area is 250 Å². The summed E-state index contributed by atoms with van der Waals surface area (Å²) in [4.78, 5) is 0. The summed E-state index contributed by atoms with van der Waals surface area (Å²) >= 11 is 0.